The second-order valence-corrected chi connectivity index (χ2v) is 6.32. The van der Waals surface area contributed by atoms with Gasteiger partial charge in [0.25, 0.3) is 0 Å². The molecule has 5 heteroatoms. The van der Waals surface area contributed by atoms with Crippen molar-refractivity contribution in [3.8, 4) is 0 Å². The van der Waals surface area contributed by atoms with Crippen LogP contribution in [0.4, 0.5) is 0 Å². The quantitative estimate of drug-likeness (QED) is 0.509. The lowest BCUT2D eigenvalue weighted by atomic mass is 9.63. The summed E-state index contributed by atoms with van der Waals surface area (Å²) in [6.07, 6.45) is 6.00. The summed E-state index contributed by atoms with van der Waals surface area (Å²) in [7, 11) is 0. The Bertz CT molecular complexity index is 760. The number of carbonyl (C=O) groups excluding carboxylic acids is 1. The third-order valence-electron chi connectivity index (χ3n) is 4.77. The van der Waals surface area contributed by atoms with Gasteiger partial charge in [-0.15, -0.1) is 0 Å². The molecule has 2 atom stereocenters. The number of aromatic amines is 1. The number of H-pyrrole nitrogens is 1. The van der Waals surface area contributed by atoms with Gasteiger partial charge in [-0.2, -0.15) is 0 Å². The van der Waals surface area contributed by atoms with Crippen LogP contribution in [0.15, 0.2) is 40.2 Å². The summed E-state index contributed by atoms with van der Waals surface area (Å²) < 4.78 is 5.13. The number of ether oxygens (including phenoxy) is 1. The smallest absolute Gasteiger partial charge is 0.303 e. The molecule has 2 aliphatic carbocycles. The van der Waals surface area contributed by atoms with Crippen molar-refractivity contribution in [1.29, 1.82) is 0 Å². The molecular formula is C18H22N2O3. The first kappa shape index (κ1) is 15.7. The minimum absolute atomic E-state index is 0.0819. The van der Waals surface area contributed by atoms with Gasteiger partial charge in [-0.3, -0.25) is 14.9 Å². The van der Waals surface area contributed by atoms with Crippen molar-refractivity contribution in [2.45, 2.75) is 39.2 Å². The number of nitrogens with one attached hydrogen (secondary N) is 2. The number of pyridine rings is 1. The molecular weight excluding hydrogens is 292 g/mol. The fourth-order valence-corrected chi connectivity index (χ4v) is 4.03. The van der Waals surface area contributed by atoms with Gasteiger partial charge >= 0.3 is 5.97 Å². The molecule has 1 aromatic rings. The van der Waals surface area contributed by atoms with Crippen LogP contribution in [-0.2, 0) is 21.5 Å². The third-order valence-corrected chi connectivity index (χ3v) is 4.77. The number of allylic oxidation sites excluding steroid dienone is 2. The molecule has 0 amide bonds. The van der Waals surface area contributed by atoms with Gasteiger partial charge in [-0.25, -0.2) is 0 Å². The van der Waals surface area contributed by atoms with E-state index in [2.05, 4.69) is 29.4 Å². The summed E-state index contributed by atoms with van der Waals surface area (Å²) in [5, 5.41) is 3.43. The molecule has 2 aliphatic rings. The van der Waals surface area contributed by atoms with E-state index in [9.17, 15) is 9.59 Å². The van der Waals surface area contributed by atoms with Gasteiger partial charge in [0, 0.05) is 24.6 Å². The Morgan fingerprint density at radius 2 is 2.30 bits per heavy atom. The standard InChI is InChI=1S/C18H22N2O3/c1-4-14-13-7-11(2)9-18(14,19-10-23-12(3)21)15-5-6-17(22)20-16(15)8-13/h4-7,13,19H,8-10H2,1-3H3,(H,20,22). The first-order valence-corrected chi connectivity index (χ1v) is 7.91. The van der Waals surface area contributed by atoms with E-state index in [4.69, 9.17) is 4.74 Å². The minimum atomic E-state index is -0.425. The molecule has 23 heavy (non-hydrogen) atoms. The monoisotopic (exact) mass is 314 g/mol. The van der Waals surface area contributed by atoms with Crippen molar-refractivity contribution in [3.05, 3.63) is 57.0 Å². The summed E-state index contributed by atoms with van der Waals surface area (Å²) in [6.45, 7) is 5.70. The molecule has 2 bridgehead atoms. The van der Waals surface area contributed by atoms with E-state index >= 15 is 0 Å². The lowest BCUT2D eigenvalue weighted by Crippen LogP contribution is -2.52. The fraction of sp³-hybridized carbons (Fsp3) is 0.444. The molecule has 0 aromatic carbocycles. The van der Waals surface area contributed by atoms with Crippen molar-refractivity contribution in [1.82, 2.24) is 10.3 Å². The second kappa shape index (κ2) is 5.81. The number of aromatic nitrogens is 1. The topological polar surface area (TPSA) is 71.2 Å². The maximum Gasteiger partial charge on any atom is 0.303 e. The minimum Gasteiger partial charge on any atom is -0.450 e. The highest BCUT2D eigenvalue weighted by molar-refractivity contribution is 5.65. The predicted molar refractivity (Wildman–Crippen MR) is 87.8 cm³/mol. The van der Waals surface area contributed by atoms with E-state index in [-0.39, 0.29) is 24.2 Å². The summed E-state index contributed by atoms with van der Waals surface area (Å²) in [5.74, 6) is -0.0582. The molecule has 3 rings (SSSR count). The molecule has 5 nitrogen and oxygen atoms in total. The van der Waals surface area contributed by atoms with Gasteiger partial charge < -0.3 is 9.72 Å². The van der Waals surface area contributed by atoms with Crippen molar-refractivity contribution >= 4 is 5.97 Å². The van der Waals surface area contributed by atoms with Crippen LogP contribution >= 0.6 is 0 Å². The maximum absolute atomic E-state index is 11.7. The Morgan fingerprint density at radius 3 is 3.00 bits per heavy atom. The SMILES string of the molecule is CC=C1C2C=C(C)CC1(NCOC(C)=O)c1ccc(=O)[nH]c1C2. The number of hydrogen-bond acceptors (Lipinski definition) is 4. The van der Waals surface area contributed by atoms with Gasteiger partial charge in [-0.1, -0.05) is 17.7 Å². The van der Waals surface area contributed by atoms with Gasteiger partial charge in [0.15, 0.2) is 0 Å². The zero-order valence-corrected chi connectivity index (χ0v) is 13.7. The van der Waals surface area contributed by atoms with Gasteiger partial charge in [0.2, 0.25) is 5.56 Å². The van der Waals surface area contributed by atoms with E-state index < -0.39 is 5.54 Å². The van der Waals surface area contributed by atoms with Gasteiger partial charge in [0.05, 0.1) is 5.54 Å². The van der Waals surface area contributed by atoms with Crippen molar-refractivity contribution in [3.63, 3.8) is 0 Å². The molecule has 0 aliphatic heterocycles. The Morgan fingerprint density at radius 1 is 1.52 bits per heavy atom. The molecule has 2 unspecified atom stereocenters. The van der Waals surface area contributed by atoms with Crippen LogP contribution in [0.1, 0.15) is 38.4 Å². The zero-order chi connectivity index (χ0) is 16.6. The number of esters is 1. The van der Waals surface area contributed by atoms with Gasteiger partial charge in [-0.05, 0) is 43.9 Å². The maximum atomic E-state index is 11.7. The van der Waals surface area contributed by atoms with Gasteiger partial charge in [0.1, 0.15) is 6.73 Å². The number of fused-ring (bicyclic) bond motifs is 4. The lowest BCUT2D eigenvalue weighted by molar-refractivity contribution is -0.142. The summed E-state index contributed by atoms with van der Waals surface area (Å²) in [5.41, 5.74) is 4.10. The third kappa shape index (κ3) is 2.65. The molecule has 0 fully saturated rings. The van der Waals surface area contributed by atoms with E-state index in [0.717, 1.165) is 24.1 Å². The molecule has 0 spiro atoms. The van der Waals surface area contributed by atoms with E-state index in [1.807, 2.05) is 13.0 Å². The molecule has 0 radical (unpaired) electrons. The lowest BCUT2D eigenvalue weighted by Gasteiger charge is -2.48. The van der Waals surface area contributed by atoms with Crippen molar-refractivity contribution < 1.29 is 9.53 Å². The molecule has 0 saturated carbocycles. The first-order valence-electron chi connectivity index (χ1n) is 7.91. The molecule has 122 valence electrons. The Kier molecular flexibility index (Phi) is 3.98. The normalized spacial score (nSPS) is 27.3. The highest BCUT2D eigenvalue weighted by atomic mass is 16.5. The average molecular weight is 314 g/mol. The Labute approximate surface area is 135 Å². The van der Waals surface area contributed by atoms with E-state index in [1.165, 1.54) is 18.1 Å². The molecule has 2 N–H and O–H groups in total. The summed E-state index contributed by atoms with van der Waals surface area (Å²) in [6, 6.07) is 3.46. The molecule has 0 saturated heterocycles. The van der Waals surface area contributed by atoms with Crippen LogP contribution in [-0.4, -0.2) is 17.7 Å². The van der Waals surface area contributed by atoms with Crippen molar-refractivity contribution in [2.75, 3.05) is 6.73 Å². The van der Waals surface area contributed by atoms with Crippen molar-refractivity contribution in [2.24, 2.45) is 5.92 Å². The van der Waals surface area contributed by atoms with E-state index in [0.29, 0.717) is 0 Å². The van der Waals surface area contributed by atoms with Crippen LogP contribution < -0.4 is 10.9 Å². The largest absolute Gasteiger partial charge is 0.450 e. The Hall–Kier alpha value is -2.14. The highest BCUT2D eigenvalue weighted by Gasteiger charge is 2.46. The van der Waals surface area contributed by atoms with Crippen LogP contribution in [0.5, 0.6) is 0 Å². The number of rotatable bonds is 3. The van der Waals surface area contributed by atoms with Crippen LogP contribution in [0.3, 0.4) is 0 Å². The van der Waals surface area contributed by atoms with Crippen LogP contribution in [0.2, 0.25) is 0 Å². The second-order valence-electron chi connectivity index (χ2n) is 6.32. The van der Waals surface area contributed by atoms with E-state index in [1.54, 1.807) is 6.07 Å². The van der Waals surface area contributed by atoms with Crippen LogP contribution in [0, 0.1) is 5.92 Å². The predicted octanol–water partition coefficient (Wildman–Crippen LogP) is 2.15. The first-order chi connectivity index (χ1) is 11.0. The summed E-state index contributed by atoms with van der Waals surface area (Å²) in [4.78, 5) is 25.8. The molecule has 1 heterocycles. The summed E-state index contributed by atoms with van der Waals surface area (Å²) >= 11 is 0. The Balaban J connectivity index is 2.11. The zero-order valence-electron chi connectivity index (χ0n) is 13.7. The number of carbonyl (C=O) groups is 1. The highest BCUT2D eigenvalue weighted by Crippen LogP contribution is 2.49. The average Bonchev–Trinajstić information content (AvgIpc) is 2.45. The van der Waals surface area contributed by atoms with Crippen LogP contribution in [0.25, 0.3) is 0 Å². The molecule has 1 aromatic heterocycles. The number of hydrogen-bond donors (Lipinski definition) is 2. The fourth-order valence-electron chi connectivity index (χ4n) is 4.03.